The van der Waals surface area contributed by atoms with Crippen molar-refractivity contribution in [1.29, 1.82) is 0 Å². The second kappa shape index (κ2) is 4.10. The van der Waals surface area contributed by atoms with E-state index in [1.165, 1.54) is 6.42 Å². The highest BCUT2D eigenvalue weighted by Gasteiger charge is 2.25. The predicted molar refractivity (Wildman–Crippen MR) is 66.8 cm³/mol. The molecule has 1 unspecified atom stereocenters. The smallest absolute Gasteiger partial charge is 0.339 e. The number of rotatable bonds is 2. The summed E-state index contributed by atoms with van der Waals surface area (Å²) in [6.45, 7) is 1.07. The lowest BCUT2D eigenvalue weighted by molar-refractivity contribution is 0.0698. The van der Waals surface area contributed by atoms with E-state index in [9.17, 15) is 4.79 Å². The zero-order valence-electron chi connectivity index (χ0n) is 10.2. The number of aromatic carboxylic acids is 1. The first-order chi connectivity index (χ1) is 8.66. The molecule has 3 rings (SSSR count). The third-order valence-electron chi connectivity index (χ3n) is 3.59. The third-order valence-corrected chi connectivity index (χ3v) is 3.59. The molecule has 2 aromatic rings. The van der Waals surface area contributed by atoms with E-state index >= 15 is 0 Å². The van der Waals surface area contributed by atoms with Crippen molar-refractivity contribution < 1.29 is 9.90 Å². The fraction of sp³-hybridized carbons (Fsp3) is 0.385. The molecular weight excluding hydrogens is 230 g/mol. The van der Waals surface area contributed by atoms with Gasteiger partial charge in [-0.25, -0.2) is 9.78 Å². The standard InChI is InChI=1S/C13H15N3O2/c1-15-6-3-5-11(15)10-8-16-7-2-4-9(13(17)18)12(16)14-10/h2,4,7-8,11H,3,5-6H2,1H3,(H,17,18). The first-order valence-electron chi connectivity index (χ1n) is 6.08. The highest BCUT2D eigenvalue weighted by Crippen LogP contribution is 2.30. The molecular formula is C13H15N3O2. The maximum absolute atomic E-state index is 11.1. The van der Waals surface area contributed by atoms with Crippen LogP contribution in [-0.2, 0) is 0 Å². The van der Waals surface area contributed by atoms with Crippen LogP contribution >= 0.6 is 0 Å². The van der Waals surface area contributed by atoms with Crippen molar-refractivity contribution in [3.05, 3.63) is 35.8 Å². The SMILES string of the molecule is CN1CCCC1c1cn2cccc(C(=O)O)c2n1. The van der Waals surface area contributed by atoms with Gasteiger partial charge < -0.3 is 9.51 Å². The zero-order chi connectivity index (χ0) is 12.7. The summed E-state index contributed by atoms with van der Waals surface area (Å²) in [5.74, 6) is -0.933. The number of carboxylic acid groups (broad SMARTS) is 1. The van der Waals surface area contributed by atoms with E-state index < -0.39 is 5.97 Å². The molecule has 0 bridgehead atoms. The summed E-state index contributed by atoms with van der Waals surface area (Å²) < 4.78 is 1.80. The van der Waals surface area contributed by atoms with Crippen LogP contribution in [0.2, 0.25) is 0 Å². The Hall–Kier alpha value is -1.88. The van der Waals surface area contributed by atoms with E-state index in [0.29, 0.717) is 11.7 Å². The summed E-state index contributed by atoms with van der Waals surface area (Å²) in [5, 5.41) is 9.15. The van der Waals surface area contributed by atoms with Gasteiger partial charge >= 0.3 is 5.97 Å². The average Bonchev–Trinajstić information content (AvgIpc) is 2.92. The number of imidazole rings is 1. The Bertz CT molecular complexity index is 605. The molecule has 1 aliphatic rings. The molecule has 0 aliphatic carbocycles. The highest BCUT2D eigenvalue weighted by atomic mass is 16.4. The molecule has 18 heavy (non-hydrogen) atoms. The Labute approximate surface area is 105 Å². The second-order valence-corrected chi connectivity index (χ2v) is 4.76. The summed E-state index contributed by atoms with van der Waals surface area (Å²) >= 11 is 0. The molecule has 1 N–H and O–H groups in total. The Morgan fingerprint density at radius 3 is 3.06 bits per heavy atom. The van der Waals surface area contributed by atoms with Crippen molar-refractivity contribution in [2.45, 2.75) is 18.9 Å². The summed E-state index contributed by atoms with van der Waals surface area (Å²) in [7, 11) is 2.08. The molecule has 2 aromatic heterocycles. The molecule has 3 heterocycles. The highest BCUT2D eigenvalue weighted by molar-refractivity contribution is 5.94. The number of hydrogen-bond donors (Lipinski definition) is 1. The van der Waals surface area contributed by atoms with Crippen molar-refractivity contribution in [3.63, 3.8) is 0 Å². The molecule has 0 amide bonds. The quantitative estimate of drug-likeness (QED) is 0.876. The number of hydrogen-bond acceptors (Lipinski definition) is 3. The van der Waals surface area contributed by atoms with Gasteiger partial charge in [0.05, 0.1) is 11.7 Å². The van der Waals surface area contributed by atoms with Crippen molar-refractivity contribution in [3.8, 4) is 0 Å². The van der Waals surface area contributed by atoms with Gasteiger partial charge in [0.25, 0.3) is 0 Å². The molecule has 94 valence electrons. The minimum Gasteiger partial charge on any atom is -0.478 e. The van der Waals surface area contributed by atoms with E-state index in [4.69, 9.17) is 5.11 Å². The van der Waals surface area contributed by atoms with Gasteiger partial charge in [-0.05, 0) is 38.6 Å². The van der Waals surface area contributed by atoms with Crippen molar-refractivity contribution >= 4 is 11.6 Å². The Kier molecular flexibility index (Phi) is 2.56. The molecule has 1 saturated heterocycles. The van der Waals surface area contributed by atoms with Gasteiger partial charge in [-0.1, -0.05) is 0 Å². The van der Waals surface area contributed by atoms with Crippen molar-refractivity contribution in [2.75, 3.05) is 13.6 Å². The lowest BCUT2D eigenvalue weighted by Gasteiger charge is -2.16. The van der Waals surface area contributed by atoms with Crippen LogP contribution in [0.4, 0.5) is 0 Å². The summed E-state index contributed by atoms with van der Waals surface area (Å²) in [6, 6.07) is 3.64. The Morgan fingerprint density at radius 1 is 1.56 bits per heavy atom. The fourth-order valence-corrected chi connectivity index (χ4v) is 2.64. The number of carboxylic acids is 1. The van der Waals surface area contributed by atoms with E-state index in [0.717, 1.165) is 18.7 Å². The molecule has 5 heteroatoms. The van der Waals surface area contributed by atoms with E-state index in [1.54, 1.807) is 16.5 Å². The minimum atomic E-state index is -0.933. The number of likely N-dealkylation sites (tertiary alicyclic amines) is 1. The normalized spacial score (nSPS) is 20.6. The first kappa shape index (κ1) is 11.2. The van der Waals surface area contributed by atoms with Crippen molar-refractivity contribution in [1.82, 2.24) is 14.3 Å². The van der Waals surface area contributed by atoms with Gasteiger partial charge in [0, 0.05) is 12.4 Å². The van der Waals surface area contributed by atoms with Crippen LogP contribution in [0.1, 0.15) is 34.9 Å². The van der Waals surface area contributed by atoms with Crippen LogP contribution in [0.5, 0.6) is 0 Å². The molecule has 5 nitrogen and oxygen atoms in total. The molecule has 1 aliphatic heterocycles. The van der Waals surface area contributed by atoms with Gasteiger partial charge in [0.1, 0.15) is 5.56 Å². The molecule has 0 saturated carbocycles. The minimum absolute atomic E-state index is 0.254. The number of nitrogens with zero attached hydrogens (tertiary/aromatic N) is 3. The van der Waals surface area contributed by atoms with Crippen LogP contribution in [0, 0.1) is 0 Å². The van der Waals surface area contributed by atoms with Crippen LogP contribution in [-0.4, -0.2) is 39.0 Å². The summed E-state index contributed by atoms with van der Waals surface area (Å²) in [6.07, 6.45) is 6.03. The maximum Gasteiger partial charge on any atom is 0.339 e. The number of fused-ring (bicyclic) bond motifs is 1. The molecule has 0 spiro atoms. The predicted octanol–water partition coefficient (Wildman–Crippen LogP) is 1.80. The number of carbonyl (C=O) groups is 1. The second-order valence-electron chi connectivity index (χ2n) is 4.76. The van der Waals surface area contributed by atoms with Gasteiger partial charge in [-0.3, -0.25) is 4.90 Å². The average molecular weight is 245 g/mol. The summed E-state index contributed by atoms with van der Waals surface area (Å²) in [5.41, 5.74) is 1.74. The third kappa shape index (κ3) is 1.67. The van der Waals surface area contributed by atoms with Gasteiger partial charge in [-0.15, -0.1) is 0 Å². The Morgan fingerprint density at radius 2 is 2.39 bits per heavy atom. The molecule has 1 atom stereocenters. The lowest BCUT2D eigenvalue weighted by atomic mass is 10.2. The molecule has 0 aromatic carbocycles. The van der Waals surface area contributed by atoms with E-state index in [1.807, 2.05) is 12.4 Å². The van der Waals surface area contributed by atoms with E-state index in [2.05, 4.69) is 16.9 Å². The molecule has 0 radical (unpaired) electrons. The first-order valence-corrected chi connectivity index (χ1v) is 6.08. The fourth-order valence-electron chi connectivity index (χ4n) is 2.64. The Balaban J connectivity index is 2.11. The van der Waals surface area contributed by atoms with Crippen LogP contribution in [0.15, 0.2) is 24.5 Å². The van der Waals surface area contributed by atoms with Crippen LogP contribution < -0.4 is 0 Å². The van der Waals surface area contributed by atoms with Crippen LogP contribution in [0.25, 0.3) is 5.65 Å². The van der Waals surface area contributed by atoms with Crippen molar-refractivity contribution in [2.24, 2.45) is 0 Å². The topological polar surface area (TPSA) is 57.8 Å². The largest absolute Gasteiger partial charge is 0.478 e. The number of aromatic nitrogens is 2. The monoisotopic (exact) mass is 245 g/mol. The van der Waals surface area contributed by atoms with Gasteiger partial charge in [0.15, 0.2) is 5.65 Å². The molecule has 1 fully saturated rings. The lowest BCUT2D eigenvalue weighted by Crippen LogP contribution is -2.17. The summed E-state index contributed by atoms with van der Waals surface area (Å²) in [4.78, 5) is 17.9. The van der Waals surface area contributed by atoms with E-state index in [-0.39, 0.29) is 5.56 Å². The van der Waals surface area contributed by atoms with Crippen LogP contribution in [0.3, 0.4) is 0 Å². The van der Waals surface area contributed by atoms with Gasteiger partial charge in [-0.2, -0.15) is 0 Å². The maximum atomic E-state index is 11.1. The zero-order valence-corrected chi connectivity index (χ0v) is 10.2. The number of pyridine rings is 1. The van der Waals surface area contributed by atoms with Gasteiger partial charge in [0.2, 0.25) is 0 Å².